The number of carboxylic acids is 1. The molecule has 3 aromatic carbocycles. The molecule has 5 rings (SSSR count). The van der Waals surface area contributed by atoms with Gasteiger partial charge in [0.15, 0.2) is 0 Å². The van der Waals surface area contributed by atoms with Gasteiger partial charge in [-0.15, -0.1) is 0 Å². The summed E-state index contributed by atoms with van der Waals surface area (Å²) >= 11 is 0. The lowest BCUT2D eigenvalue weighted by atomic mass is 9.90. The predicted octanol–water partition coefficient (Wildman–Crippen LogP) is 6.11. The van der Waals surface area contributed by atoms with Crippen molar-refractivity contribution in [3.63, 3.8) is 0 Å². The van der Waals surface area contributed by atoms with E-state index in [0.717, 1.165) is 46.4 Å². The second-order valence-electron chi connectivity index (χ2n) is 8.88. The highest BCUT2D eigenvalue weighted by Crippen LogP contribution is 2.39. The Hall–Kier alpha value is -4.44. The molecule has 0 saturated carbocycles. The van der Waals surface area contributed by atoms with Crippen LogP contribution in [0.5, 0.6) is 5.75 Å². The van der Waals surface area contributed by atoms with Crippen molar-refractivity contribution in [2.24, 2.45) is 0 Å². The summed E-state index contributed by atoms with van der Waals surface area (Å²) in [5.74, 6) is -0.162. The third-order valence-electron chi connectivity index (χ3n) is 6.48. The van der Waals surface area contributed by atoms with Crippen LogP contribution in [0.15, 0.2) is 60.2 Å². The maximum atomic E-state index is 13.9. The van der Waals surface area contributed by atoms with E-state index in [-0.39, 0.29) is 12.2 Å². The zero-order valence-corrected chi connectivity index (χ0v) is 20.0. The topological polar surface area (TPSA) is 88.1 Å². The largest absolute Gasteiger partial charge is 0.488 e. The van der Waals surface area contributed by atoms with Crippen molar-refractivity contribution >= 4 is 22.6 Å². The van der Waals surface area contributed by atoms with Crippen LogP contribution < -0.4 is 4.74 Å². The fourth-order valence-electron chi connectivity index (χ4n) is 4.83. The number of rotatable bonds is 5. The summed E-state index contributed by atoms with van der Waals surface area (Å²) in [7, 11) is 0. The zero-order valence-electron chi connectivity index (χ0n) is 20.0. The quantitative estimate of drug-likeness (QED) is 0.347. The minimum absolute atomic E-state index is 0.186. The average molecular weight is 482 g/mol. The standard InChI is InChI=1S/C29H24FN3O3/c1-3-5-26-32-28-23(29(34)35)6-4-7-24(28)33(26)15-18-8-10-21-19(12-18)16-36-25-13-20(30)9-11-22(25)27(21)17(2)14-31/h4,6-13H,3,5,15-16H2,1-2H3,(H,34,35)/b27-17-. The lowest BCUT2D eigenvalue weighted by Gasteiger charge is -2.14. The highest BCUT2D eigenvalue weighted by Gasteiger charge is 2.23. The number of imidazole rings is 1. The van der Waals surface area contributed by atoms with Gasteiger partial charge >= 0.3 is 5.97 Å². The first-order valence-electron chi connectivity index (χ1n) is 11.8. The summed E-state index contributed by atoms with van der Waals surface area (Å²) in [6.45, 7) is 4.55. The normalized spacial score (nSPS) is 13.8. The molecule has 2 heterocycles. The van der Waals surface area contributed by atoms with Crippen LogP contribution in [0.3, 0.4) is 0 Å². The molecule has 0 saturated heterocycles. The number of benzene rings is 3. The third kappa shape index (κ3) is 4.01. The van der Waals surface area contributed by atoms with Gasteiger partial charge in [-0.1, -0.05) is 25.1 Å². The monoisotopic (exact) mass is 481 g/mol. The van der Waals surface area contributed by atoms with Crippen molar-refractivity contribution in [3.8, 4) is 11.8 Å². The SMILES string of the molecule is CCCc1nc2c(C(=O)O)cccc2n1Cc1ccc2c(c1)COc1cc(F)ccc1/C2=C(/C)C#N. The number of nitrogens with zero attached hydrogens (tertiary/aromatic N) is 3. The van der Waals surface area contributed by atoms with E-state index in [4.69, 9.17) is 4.74 Å². The van der Waals surface area contributed by atoms with Crippen molar-refractivity contribution in [1.82, 2.24) is 9.55 Å². The lowest BCUT2D eigenvalue weighted by Crippen LogP contribution is -2.07. The summed E-state index contributed by atoms with van der Waals surface area (Å²) < 4.78 is 22.0. The molecule has 1 aliphatic rings. The Morgan fingerprint density at radius 1 is 1.19 bits per heavy atom. The fraction of sp³-hybridized carbons (Fsp3) is 0.207. The Balaban J connectivity index is 1.61. The van der Waals surface area contributed by atoms with E-state index < -0.39 is 11.8 Å². The van der Waals surface area contributed by atoms with Crippen LogP contribution in [0.25, 0.3) is 16.6 Å². The Morgan fingerprint density at radius 3 is 2.75 bits per heavy atom. The van der Waals surface area contributed by atoms with E-state index in [1.807, 2.05) is 24.3 Å². The van der Waals surface area contributed by atoms with E-state index in [0.29, 0.717) is 28.9 Å². The highest BCUT2D eigenvalue weighted by atomic mass is 19.1. The molecule has 0 aliphatic carbocycles. The van der Waals surface area contributed by atoms with Crippen LogP contribution in [-0.2, 0) is 19.6 Å². The maximum Gasteiger partial charge on any atom is 0.337 e. The number of aryl methyl sites for hydroxylation is 1. The van der Waals surface area contributed by atoms with Gasteiger partial charge < -0.3 is 14.4 Å². The van der Waals surface area contributed by atoms with Gasteiger partial charge in [0.05, 0.1) is 17.1 Å². The first kappa shape index (κ1) is 23.3. The van der Waals surface area contributed by atoms with E-state index in [9.17, 15) is 19.6 Å². The number of carbonyl (C=O) groups is 1. The van der Waals surface area contributed by atoms with Crippen molar-refractivity contribution in [1.29, 1.82) is 5.26 Å². The third-order valence-corrected chi connectivity index (χ3v) is 6.48. The Morgan fingerprint density at radius 2 is 2.00 bits per heavy atom. The molecule has 0 unspecified atom stereocenters. The number of allylic oxidation sites excluding steroid dienone is 1. The number of hydrogen-bond acceptors (Lipinski definition) is 4. The molecule has 1 aliphatic heterocycles. The number of carboxylic acid groups (broad SMARTS) is 1. The van der Waals surface area contributed by atoms with Crippen molar-refractivity contribution in [2.45, 2.75) is 39.8 Å². The van der Waals surface area contributed by atoms with E-state index in [2.05, 4.69) is 22.5 Å². The van der Waals surface area contributed by atoms with Crippen molar-refractivity contribution < 1.29 is 19.0 Å². The summed E-state index contributed by atoms with van der Waals surface area (Å²) in [5.41, 5.74) is 6.14. The highest BCUT2D eigenvalue weighted by molar-refractivity contribution is 6.01. The molecular formula is C29H24FN3O3. The fourth-order valence-corrected chi connectivity index (χ4v) is 4.83. The van der Waals surface area contributed by atoms with Crippen LogP contribution in [0.1, 0.15) is 58.7 Å². The molecular weight excluding hydrogens is 457 g/mol. The van der Waals surface area contributed by atoms with Crippen LogP contribution >= 0.6 is 0 Å². The molecule has 36 heavy (non-hydrogen) atoms. The molecule has 0 radical (unpaired) electrons. The first-order valence-corrected chi connectivity index (χ1v) is 11.8. The minimum atomic E-state index is -1.00. The van der Waals surface area contributed by atoms with Crippen LogP contribution in [-0.4, -0.2) is 20.6 Å². The Labute approximate surface area is 207 Å². The van der Waals surface area contributed by atoms with Crippen LogP contribution in [0.4, 0.5) is 4.39 Å². The van der Waals surface area contributed by atoms with Gasteiger partial charge in [0.25, 0.3) is 0 Å². The summed E-state index contributed by atoms with van der Waals surface area (Å²) in [6.07, 6.45) is 1.59. The van der Waals surface area contributed by atoms with Gasteiger partial charge in [-0.3, -0.25) is 0 Å². The molecule has 6 nitrogen and oxygen atoms in total. The van der Waals surface area contributed by atoms with Gasteiger partial charge in [0, 0.05) is 35.7 Å². The molecule has 4 aromatic rings. The molecule has 7 heteroatoms. The average Bonchev–Trinajstić information content (AvgIpc) is 3.12. The molecule has 1 N–H and O–H groups in total. The molecule has 0 bridgehead atoms. The number of nitriles is 1. The molecule has 180 valence electrons. The van der Waals surface area contributed by atoms with E-state index in [1.165, 1.54) is 12.1 Å². The molecule has 0 amide bonds. The number of halogens is 1. The Kier molecular flexibility index (Phi) is 6.03. The maximum absolute atomic E-state index is 13.9. The molecule has 1 aromatic heterocycles. The van der Waals surface area contributed by atoms with Gasteiger partial charge in [0.2, 0.25) is 0 Å². The number of ether oxygens (including phenoxy) is 1. The Bertz CT molecular complexity index is 1590. The van der Waals surface area contributed by atoms with Gasteiger partial charge in [-0.25, -0.2) is 14.2 Å². The van der Waals surface area contributed by atoms with Crippen LogP contribution in [0, 0.1) is 17.1 Å². The zero-order chi connectivity index (χ0) is 25.4. The van der Waals surface area contributed by atoms with Crippen molar-refractivity contribution in [2.75, 3.05) is 0 Å². The second kappa shape index (κ2) is 9.31. The van der Waals surface area contributed by atoms with E-state index >= 15 is 0 Å². The lowest BCUT2D eigenvalue weighted by molar-refractivity contribution is 0.0699. The summed E-state index contributed by atoms with van der Waals surface area (Å²) in [6, 6.07) is 17.8. The molecule has 0 atom stereocenters. The van der Waals surface area contributed by atoms with Gasteiger partial charge in [-0.2, -0.15) is 5.26 Å². The molecule has 0 spiro atoms. The molecule has 0 fully saturated rings. The number of fused-ring (bicyclic) bond motifs is 3. The van der Waals surface area contributed by atoms with E-state index in [1.54, 1.807) is 25.1 Å². The van der Waals surface area contributed by atoms with Gasteiger partial charge in [0.1, 0.15) is 29.5 Å². The smallest absolute Gasteiger partial charge is 0.337 e. The van der Waals surface area contributed by atoms with Crippen LogP contribution in [0.2, 0.25) is 0 Å². The number of aromatic nitrogens is 2. The summed E-state index contributed by atoms with van der Waals surface area (Å²) in [5, 5.41) is 19.3. The summed E-state index contributed by atoms with van der Waals surface area (Å²) in [4.78, 5) is 16.4. The van der Waals surface area contributed by atoms with Crippen molar-refractivity contribution in [3.05, 3.63) is 99.6 Å². The number of aromatic carboxylic acids is 1. The van der Waals surface area contributed by atoms with Gasteiger partial charge in [-0.05, 0) is 60.4 Å². The minimum Gasteiger partial charge on any atom is -0.488 e. The second-order valence-corrected chi connectivity index (χ2v) is 8.88. The number of para-hydroxylation sites is 1. The first-order chi connectivity index (χ1) is 17.4. The predicted molar refractivity (Wildman–Crippen MR) is 134 cm³/mol. The number of hydrogen-bond donors (Lipinski definition) is 1.